The molecule has 0 aromatic rings. The van der Waals surface area contributed by atoms with Crippen molar-refractivity contribution >= 4 is 0 Å². The molecule has 1 rings (SSSR count). The van der Waals surface area contributed by atoms with Gasteiger partial charge in [-0.15, -0.1) is 0 Å². The minimum atomic E-state index is -0.260. The third kappa shape index (κ3) is 7.25. The average molecular weight is 271 g/mol. The molecule has 19 heavy (non-hydrogen) atoms. The van der Waals surface area contributed by atoms with E-state index in [9.17, 15) is 5.11 Å². The molecule has 2 unspecified atom stereocenters. The molecule has 1 saturated heterocycles. The van der Waals surface area contributed by atoms with Crippen LogP contribution in [0.5, 0.6) is 0 Å². The second-order valence-electron chi connectivity index (χ2n) is 5.81. The first-order valence-corrected chi connectivity index (χ1v) is 8.01. The van der Waals surface area contributed by atoms with Gasteiger partial charge >= 0.3 is 0 Å². The molecule has 0 amide bonds. The van der Waals surface area contributed by atoms with Gasteiger partial charge in [0.2, 0.25) is 0 Å². The summed E-state index contributed by atoms with van der Waals surface area (Å²) >= 11 is 0. The largest absolute Gasteiger partial charge is 0.390 e. The van der Waals surface area contributed by atoms with Gasteiger partial charge in [-0.05, 0) is 45.9 Å². The number of aliphatic hydroxyl groups excluding tert-OH is 1. The minimum Gasteiger partial charge on any atom is -0.390 e. The summed E-state index contributed by atoms with van der Waals surface area (Å²) in [5, 5.41) is 13.5. The van der Waals surface area contributed by atoms with E-state index in [1.165, 1.54) is 32.4 Å². The number of aliphatic hydroxyl groups is 1. The summed E-state index contributed by atoms with van der Waals surface area (Å²) in [7, 11) is 0. The van der Waals surface area contributed by atoms with E-state index >= 15 is 0 Å². The maximum atomic E-state index is 10.0. The Kier molecular flexibility index (Phi) is 8.62. The van der Waals surface area contributed by atoms with E-state index < -0.39 is 0 Å². The summed E-state index contributed by atoms with van der Waals surface area (Å²) in [5.74, 6) is 0. The van der Waals surface area contributed by atoms with Crippen LogP contribution in [0.25, 0.3) is 0 Å². The fraction of sp³-hybridized carbons (Fsp3) is 1.00. The van der Waals surface area contributed by atoms with Gasteiger partial charge in [-0.2, -0.15) is 0 Å². The van der Waals surface area contributed by atoms with Crippen LogP contribution in [0.1, 0.15) is 40.0 Å². The molecule has 1 heterocycles. The lowest BCUT2D eigenvalue weighted by molar-refractivity contribution is 0.111. The Morgan fingerprint density at radius 2 is 1.79 bits per heavy atom. The van der Waals surface area contributed by atoms with Crippen LogP contribution in [0.2, 0.25) is 0 Å². The highest BCUT2D eigenvalue weighted by Crippen LogP contribution is 2.08. The summed E-state index contributed by atoms with van der Waals surface area (Å²) in [6, 6.07) is 0.462. The predicted molar refractivity (Wildman–Crippen MR) is 81.6 cm³/mol. The van der Waals surface area contributed by atoms with Crippen LogP contribution in [0.15, 0.2) is 0 Å². The summed E-state index contributed by atoms with van der Waals surface area (Å²) in [4.78, 5) is 4.81. The van der Waals surface area contributed by atoms with Crippen molar-refractivity contribution in [3.63, 3.8) is 0 Å². The van der Waals surface area contributed by atoms with Crippen LogP contribution >= 0.6 is 0 Å². The fourth-order valence-electron chi connectivity index (χ4n) is 2.78. The smallest absolute Gasteiger partial charge is 0.0791 e. The highest BCUT2D eigenvalue weighted by atomic mass is 16.3. The molecule has 4 nitrogen and oxygen atoms in total. The number of rotatable bonds is 9. The third-order valence-corrected chi connectivity index (χ3v) is 4.05. The van der Waals surface area contributed by atoms with Crippen molar-refractivity contribution in [3.8, 4) is 0 Å². The molecule has 0 bridgehead atoms. The van der Waals surface area contributed by atoms with Crippen LogP contribution in [0.3, 0.4) is 0 Å². The molecule has 0 radical (unpaired) electrons. The van der Waals surface area contributed by atoms with Crippen LogP contribution < -0.4 is 5.32 Å². The highest BCUT2D eigenvalue weighted by Gasteiger charge is 2.14. The van der Waals surface area contributed by atoms with E-state index in [0.717, 1.165) is 26.2 Å². The summed E-state index contributed by atoms with van der Waals surface area (Å²) < 4.78 is 0. The first-order chi connectivity index (χ1) is 9.15. The number of hydrogen-bond acceptors (Lipinski definition) is 4. The lowest BCUT2D eigenvalue weighted by Crippen LogP contribution is -2.45. The number of hydrogen-bond donors (Lipinski definition) is 2. The van der Waals surface area contributed by atoms with Gasteiger partial charge < -0.3 is 20.2 Å². The van der Waals surface area contributed by atoms with Crippen molar-refractivity contribution in [3.05, 3.63) is 0 Å². The molecule has 1 aliphatic rings. The molecule has 0 aliphatic carbocycles. The molecular formula is C15H33N3O. The monoisotopic (exact) mass is 271 g/mol. The minimum absolute atomic E-state index is 0.260. The molecule has 2 atom stereocenters. The number of nitrogens with one attached hydrogen (secondary N) is 1. The van der Waals surface area contributed by atoms with Crippen molar-refractivity contribution in [1.29, 1.82) is 0 Å². The average Bonchev–Trinajstić information content (AvgIpc) is 2.43. The molecule has 114 valence electrons. The van der Waals surface area contributed by atoms with Crippen molar-refractivity contribution in [1.82, 2.24) is 15.1 Å². The normalized spacial score (nSPS) is 20.7. The molecule has 0 aromatic carbocycles. The lowest BCUT2D eigenvalue weighted by atomic mass is 10.1. The van der Waals surface area contributed by atoms with E-state index in [2.05, 4.69) is 35.9 Å². The number of likely N-dealkylation sites (N-methyl/N-ethyl adjacent to an activating group) is 1. The molecule has 4 heteroatoms. The molecule has 1 fully saturated rings. The predicted octanol–water partition coefficient (Wildman–Crippen LogP) is 1.15. The van der Waals surface area contributed by atoms with Gasteiger partial charge in [0, 0.05) is 25.7 Å². The van der Waals surface area contributed by atoms with Crippen LogP contribution in [0, 0.1) is 0 Å². The number of nitrogens with zero attached hydrogens (tertiary/aromatic N) is 2. The van der Waals surface area contributed by atoms with E-state index in [1.54, 1.807) is 0 Å². The third-order valence-electron chi connectivity index (χ3n) is 4.05. The van der Waals surface area contributed by atoms with Crippen molar-refractivity contribution in [2.24, 2.45) is 0 Å². The Bertz CT molecular complexity index is 215. The SMILES string of the molecule is CCN(CC)CC(O)CNC(C)CN1CCCCC1. The Balaban J connectivity index is 2.12. The maximum Gasteiger partial charge on any atom is 0.0791 e. The lowest BCUT2D eigenvalue weighted by Gasteiger charge is -2.30. The van der Waals surface area contributed by atoms with Gasteiger partial charge in [0.25, 0.3) is 0 Å². The zero-order chi connectivity index (χ0) is 14.1. The van der Waals surface area contributed by atoms with E-state index in [-0.39, 0.29) is 6.10 Å². The van der Waals surface area contributed by atoms with Crippen molar-refractivity contribution in [2.75, 3.05) is 45.8 Å². The second-order valence-corrected chi connectivity index (χ2v) is 5.81. The van der Waals surface area contributed by atoms with Gasteiger partial charge in [-0.3, -0.25) is 0 Å². The Morgan fingerprint density at radius 1 is 1.16 bits per heavy atom. The number of piperidine rings is 1. The quantitative estimate of drug-likeness (QED) is 0.660. The fourth-order valence-corrected chi connectivity index (χ4v) is 2.78. The zero-order valence-electron chi connectivity index (χ0n) is 13.1. The molecule has 0 spiro atoms. The van der Waals surface area contributed by atoms with E-state index in [4.69, 9.17) is 0 Å². The molecule has 1 aliphatic heterocycles. The molecular weight excluding hydrogens is 238 g/mol. The first-order valence-electron chi connectivity index (χ1n) is 8.01. The van der Waals surface area contributed by atoms with Gasteiger partial charge in [0.05, 0.1) is 6.10 Å². The van der Waals surface area contributed by atoms with Crippen LogP contribution in [0.4, 0.5) is 0 Å². The van der Waals surface area contributed by atoms with Gasteiger partial charge in [0.1, 0.15) is 0 Å². The van der Waals surface area contributed by atoms with Crippen molar-refractivity contribution < 1.29 is 5.11 Å². The van der Waals surface area contributed by atoms with Gasteiger partial charge in [0.15, 0.2) is 0 Å². The number of likely N-dealkylation sites (tertiary alicyclic amines) is 1. The molecule has 2 N–H and O–H groups in total. The summed E-state index contributed by atoms with van der Waals surface area (Å²) in [6.07, 6.45) is 3.82. The van der Waals surface area contributed by atoms with Crippen LogP contribution in [-0.4, -0.2) is 72.9 Å². The van der Waals surface area contributed by atoms with E-state index in [0.29, 0.717) is 12.6 Å². The topological polar surface area (TPSA) is 38.7 Å². The maximum absolute atomic E-state index is 10.0. The zero-order valence-corrected chi connectivity index (χ0v) is 13.1. The molecule has 0 aromatic heterocycles. The highest BCUT2D eigenvalue weighted by molar-refractivity contribution is 4.73. The van der Waals surface area contributed by atoms with E-state index in [1.807, 2.05) is 0 Å². The standard InChI is InChI=1S/C15H33N3O/c1-4-17(5-2)13-15(19)11-16-14(3)12-18-9-7-6-8-10-18/h14-16,19H,4-13H2,1-3H3. The second kappa shape index (κ2) is 9.70. The Morgan fingerprint density at radius 3 is 2.37 bits per heavy atom. The Hall–Kier alpha value is -0.160. The summed E-state index contributed by atoms with van der Waals surface area (Å²) in [6.45, 7) is 13.6. The van der Waals surface area contributed by atoms with Crippen LogP contribution in [-0.2, 0) is 0 Å². The van der Waals surface area contributed by atoms with Gasteiger partial charge in [-0.1, -0.05) is 20.3 Å². The van der Waals surface area contributed by atoms with Crippen molar-refractivity contribution in [2.45, 2.75) is 52.2 Å². The molecule has 0 saturated carbocycles. The summed E-state index contributed by atoms with van der Waals surface area (Å²) in [5.41, 5.74) is 0. The first kappa shape index (κ1) is 16.9. The Labute approximate surface area is 119 Å². The van der Waals surface area contributed by atoms with Gasteiger partial charge in [-0.25, -0.2) is 0 Å².